The summed E-state index contributed by atoms with van der Waals surface area (Å²) in [5.41, 5.74) is 2.93. The molecule has 2 heteroatoms. The van der Waals surface area contributed by atoms with Crippen molar-refractivity contribution in [2.75, 3.05) is 0 Å². The zero-order valence-electron chi connectivity index (χ0n) is 14.4. The van der Waals surface area contributed by atoms with E-state index in [1.807, 2.05) is 18.2 Å². The van der Waals surface area contributed by atoms with Crippen molar-refractivity contribution in [3.63, 3.8) is 0 Å². The van der Waals surface area contributed by atoms with Crippen molar-refractivity contribution in [2.45, 2.75) is 55.2 Å². The summed E-state index contributed by atoms with van der Waals surface area (Å²) in [4.78, 5) is 0. The molecule has 2 aromatic rings. The molecule has 0 amide bonds. The number of furan rings is 1. The maximum Gasteiger partial charge on any atom is 0.216 e. The van der Waals surface area contributed by atoms with Crippen LogP contribution in [0.15, 0.2) is 34.7 Å². The summed E-state index contributed by atoms with van der Waals surface area (Å²) in [6, 6.07) is 10.2. The first-order chi connectivity index (χ1) is 9.02. The van der Waals surface area contributed by atoms with E-state index in [1.165, 1.54) is 5.39 Å². The van der Waals surface area contributed by atoms with Gasteiger partial charge in [-0.05, 0) is 23.0 Å². The molecular formula is C18H29BO. The third-order valence-corrected chi connectivity index (χ3v) is 4.26. The highest BCUT2D eigenvalue weighted by Crippen LogP contribution is 2.36. The number of rotatable bonds is 1. The Labute approximate surface area is 124 Å². The molecule has 0 unspecified atom stereocenters. The molecule has 0 atom stereocenters. The molecule has 0 radical (unpaired) electrons. The fraction of sp³-hybridized carbons (Fsp3) is 0.556. The van der Waals surface area contributed by atoms with Gasteiger partial charge in [-0.25, -0.2) is 0 Å². The van der Waals surface area contributed by atoms with Crippen LogP contribution in [0.1, 0.15) is 41.5 Å². The Bertz CT molecular complexity index is 493. The molecule has 20 heavy (non-hydrogen) atoms. The monoisotopic (exact) mass is 272 g/mol. The predicted molar refractivity (Wildman–Crippen MR) is 92.2 cm³/mol. The van der Waals surface area contributed by atoms with Crippen molar-refractivity contribution in [3.05, 3.63) is 30.3 Å². The molecule has 1 nitrogen and oxygen atoms in total. The standard InChI is InChI=1S/C10H11BO.C8H18/c1-11(2)10-7-8-5-3-4-6-9(8)12-10;1-7(2,3)8(4,5)6/h3-7H,1-2H3;1-6H3. The minimum atomic E-state index is 0.437. The third kappa shape index (κ3) is 4.43. The van der Waals surface area contributed by atoms with Crippen molar-refractivity contribution in [1.29, 1.82) is 0 Å². The van der Waals surface area contributed by atoms with Gasteiger partial charge in [0.25, 0.3) is 0 Å². The van der Waals surface area contributed by atoms with E-state index in [0.29, 0.717) is 17.5 Å². The molecule has 1 aromatic carbocycles. The summed E-state index contributed by atoms with van der Waals surface area (Å²) in [5, 5.41) is 1.20. The zero-order valence-corrected chi connectivity index (χ0v) is 14.4. The van der Waals surface area contributed by atoms with Gasteiger partial charge in [-0.15, -0.1) is 0 Å². The van der Waals surface area contributed by atoms with Crippen LogP contribution in [-0.2, 0) is 0 Å². The summed E-state index contributed by atoms with van der Waals surface area (Å²) in [5.74, 6) is 0. The Kier molecular flexibility index (Phi) is 5.12. The molecule has 0 fully saturated rings. The largest absolute Gasteiger partial charge is 0.471 e. The normalized spacial score (nSPS) is 12.0. The maximum atomic E-state index is 5.63. The fourth-order valence-electron chi connectivity index (χ4n) is 1.29. The van der Waals surface area contributed by atoms with Crippen molar-refractivity contribution < 1.29 is 4.42 Å². The Morgan fingerprint density at radius 2 is 1.35 bits per heavy atom. The number of hydrogen-bond acceptors (Lipinski definition) is 1. The van der Waals surface area contributed by atoms with Gasteiger partial charge in [0.05, 0.1) is 5.66 Å². The zero-order chi connectivity index (χ0) is 15.6. The molecular weight excluding hydrogens is 243 g/mol. The lowest BCUT2D eigenvalue weighted by Crippen LogP contribution is -2.25. The highest BCUT2D eigenvalue weighted by atomic mass is 16.3. The van der Waals surface area contributed by atoms with E-state index >= 15 is 0 Å². The van der Waals surface area contributed by atoms with E-state index in [4.69, 9.17) is 4.42 Å². The highest BCUT2D eigenvalue weighted by molar-refractivity contribution is 6.69. The van der Waals surface area contributed by atoms with E-state index in [0.717, 1.165) is 11.2 Å². The Balaban J connectivity index is 0.000000221. The lowest BCUT2D eigenvalue weighted by molar-refractivity contribution is 0.157. The predicted octanol–water partition coefficient (Wildman–Crippen LogP) is 5.47. The molecule has 0 saturated carbocycles. The van der Waals surface area contributed by atoms with Gasteiger partial charge in [0, 0.05) is 5.39 Å². The molecule has 0 N–H and O–H groups in total. The van der Waals surface area contributed by atoms with Crippen LogP contribution in [-0.4, -0.2) is 6.71 Å². The van der Waals surface area contributed by atoms with Crippen molar-refractivity contribution in [3.8, 4) is 0 Å². The van der Waals surface area contributed by atoms with Crippen LogP contribution < -0.4 is 5.66 Å². The number of fused-ring (bicyclic) bond motifs is 1. The van der Waals surface area contributed by atoms with E-state index in [9.17, 15) is 0 Å². The Morgan fingerprint density at radius 3 is 1.75 bits per heavy atom. The summed E-state index contributed by atoms with van der Waals surface area (Å²) in [7, 11) is 0. The topological polar surface area (TPSA) is 13.1 Å². The summed E-state index contributed by atoms with van der Waals surface area (Å²) >= 11 is 0. The van der Waals surface area contributed by atoms with Crippen LogP contribution in [0.2, 0.25) is 13.6 Å². The second-order valence-electron chi connectivity index (χ2n) is 7.84. The second-order valence-corrected chi connectivity index (χ2v) is 7.84. The van der Waals surface area contributed by atoms with Gasteiger partial charge < -0.3 is 4.42 Å². The van der Waals surface area contributed by atoms with Crippen LogP contribution in [0.3, 0.4) is 0 Å². The number of para-hydroxylation sites is 1. The van der Waals surface area contributed by atoms with Crippen molar-refractivity contribution >= 4 is 23.3 Å². The Morgan fingerprint density at radius 1 is 0.850 bits per heavy atom. The van der Waals surface area contributed by atoms with Gasteiger partial charge in [0.1, 0.15) is 5.58 Å². The Hall–Kier alpha value is -1.18. The first-order valence-electron chi connectivity index (χ1n) is 7.51. The summed E-state index contributed by atoms with van der Waals surface area (Å²) in [6.07, 6.45) is 0. The molecule has 2 rings (SSSR count). The molecule has 0 spiro atoms. The van der Waals surface area contributed by atoms with E-state index in [-0.39, 0.29) is 0 Å². The van der Waals surface area contributed by atoms with E-state index < -0.39 is 0 Å². The first kappa shape index (κ1) is 16.9. The van der Waals surface area contributed by atoms with Crippen molar-refractivity contribution in [2.24, 2.45) is 10.8 Å². The van der Waals surface area contributed by atoms with Gasteiger partial charge in [0.15, 0.2) is 0 Å². The van der Waals surface area contributed by atoms with E-state index in [1.54, 1.807) is 0 Å². The highest BCUT2D eigenvalue weighted by Gasteiger charge is 2.26. The number of benzene rings is 1. The summed E-state index contributed by atoms with van der Waals surface area (Å²) in [6.45, 7) is 18.4. The minimum absolute atomic E-state index is 0.437. The molecule has 1 aromatic heterocycles. The summed E-state index contributed by atoms with van der Waals surface area (Å²) < 4.78 is 5.63. The minimum Gasteiger partial charge on any atom is -0.471 e. The number of hydrogen-bond donors (Lipinski definition) is 0. The smallest absolute Gasteiger partial charge is 0.216 e. The molecule has 0 bridgehead atoms. The van der Waals surface area contributed by atoms with E-state index in [2.05, 4.69) is 67.3 Å². The molecule has 1 heterocycles. The molecule has 0 aliphatic carbocycles. The van der Waals surface area contributed by atoms with Crippen LogP contribution in [0, 0.1) is 10.8 Å². The van der Waals surface area contributed by atoms with Crippen LogP contribution in [0.4, 0.5) is 0 Å². The van der Waals surface area contributed by atoms with Gasteiger partial charge >= 0.3 is 0 Å². The quantitative estimate of drug-likeness (QED) is 0.627. The lowest BCUT2D eigenvalue weighted by atomic mass is 9.53. The average Bonchev–Trinajstić information content (AvgIpc) is 2.70. The maximum absolute atomic E-state index is 5.63. The van der Waals surface area contributed by atoms with Gasteiger partial charge in [-0.1, -0.05) is 73.4 Å². The molecule has 0 aliphatic rings. The molecule has 0 aliphatic heterocycles. The second kappa shape index (κ2) is 6.07. The molecule has 110 valence electrons. The van der Waals surface area contributed by atoms with Crippen molar-refractivity contribution in [1.82, 2.24) is 0 Å². The average molecular weight is 272 g/mol. The van der Waals surface area contributed by atoms with Crippen LogP contribution in [0.25, 0.3) is 11.0 Å². The van der Waals surface area contributed by atoms with Gasteiger partial charge in [-0.2, -0.15) is 0 Å². The third-order valence-electron chi connectivity index (χ3n) is 4.26. The fourth-order valence-corrected chi connectivity index (χ4v) is 1.29. The van der Waals surface area contributed by atoms with Gasteiger partial charge in [-0.3, -0.25) is 0 Å². The van der Waals surface area contributed by atoms with Crippen LogP contribution >= 0.6 is 0 Å². The van der Waals surface area contributed by atoms with Crippen LogP contribution in [0.5, 0.6) is 0 Å². The SMILES string of the molecule is CB(C)c1cc2ccccc2o1.CC(C)(C)C(C)(C)C. The lowest BCUT2D eigenvalue weighted by Gasteiger charge is -2.34. The first-order valence-corrected chi connectivity index (χ1v) is 7.51. The van der Waals surface area contributed by atoms with Gasteiger partial charge in [0.2, 0.25) is 6.71 Å². The molecule has 0 saturated heterocycles.